The first-order valence-corrected chi connectivity index (χ1v) is 4.60. The third-order valence-corrected chi connectivity index (χ3v) is 1.92. The van der Waals surface area contributed by atoms with Crippen molar-refractivity contribution in [2.24, 2.45) is 5.73 Å². The maximum absolute atomic E-state index is 9.19. The topological polar surface area (TPSA) is 46.2 Å². The van der Waals surface area contributed by atoms with Gasteiger partial charge in [0.1, 0.15) is 0 Å². The van der Waals surface area contributed by atoms with E-state index < -0.39 is 0 Å². The van der Waals surface area contributed by atoms with E-state index in [1.165, 1.54) is 0 Å². The van der Waals surface area contributed by atoms with Gasteiger partial charge in [0.15, 0.2) is 0 Å². The van der Waals surface area contributed by atoms with Crippen LogP contribution in [0, 0.1) is 0 Å². The SMILES string of the molecule is CCC(O)CCCCC(C)N. The Morgan fingerprint density at radius 3 is 2.27 bits per heavy atom. The molecule has 0 fully saturated rings. The molecule has 0 aromatic heterocycles. The van der Waals surface area contributed by atoms with Gasteiger partial charge in [0, 0.05) is 6.04 Å². The highest BCUT2D eigenvalue weighted by molar-refractivity contribution is 4.56. The van der Waals surface area contributed by atoms with Crippen molar-refractivity contribution in [3.63, 3.8) is 0 Å². The smallest absolute Gasteiger partial charge is 0.0537 e. The van der Waals surface area contributed by atoms with Gasteiger partial charge < -0.3 is 10.8 Å². The molecule has 0 amide bonds. The maximum atomic E-state index is 9.19. The molecule has 11 heavy (non-hydrogen) atoms. The number of hydrogen-bond acceptors (Lipinski definition) is 2. The molecule has 0 aliphatic rings. The van der Waals surface area contributed by atoms with E-state index in [-0.39, 0.29) is 6.10 Å². The van der Waals surface area contributed by atoms with E-state index in [9.17, 15) is 5.11 Å². The van der Waals surface area contributed by atoms with E-state index in [0.29, 0.717) is 6.04 Å². The van der Waals surface area contributed by atoms with Gasteiger partial charge in [-0.05, 0) is 26.2 Å². The summed E-state index contributed by atoms with van der Waals surface area (Å²) in [5.74, 6) is 0. The van der Waals surface area contributed by atoms with Crippen LogP contribution in [-0.2, 0) is 0 Å². The molecule has 0 saturated heterocycles. The molecule has 2 unspecified atom stereocenters. The zero-order chi connectivity index (χ0) is 8.69. The third kappa shape index (κ3) is 7.82. The molecule has 2 atom stereocenters. The predicted molar refractivity (Wildman–Crippen MR) is 48.4 cm³/mol. The van der Waals surface area contributed by atoms with Crippen molar-refractivity contribution in [3.05, 3.63) is 0 Å². The molecule has 0 rings (SSSR count). The van der Waals surface area contributed by atoms with Crippen LogP contribution in [-0.4, -0.2) is 17.3 Å². The van der Waals surface area contributed by atoms with Crippen molar-refractivity contribution < 1.29 is 5.11 Å². The molecule has 0 aromatic carbocycles. The first kappa shape index (κ1) is 10.9. The van der Waals surface area contributed by atoms with Crippen LogP contribution < -0.4 is 5.73 Å². The Labute approximate surface area is 69.8 Å². The molecular formula is C9H21NO. The molecule has 0 bridgehead atoms. The van der Waals surface area contributed by atoms with Gasteiger partial charge in [0.05, 0.1) is 6.10 Å². The second kappa shape index (κ2) is 6.62. The van der Waals surface area contributed by atoms with Gasteiger partial charge >= 0.3 is 0 Å². The maximum Gasteiger partial charge on any atom is 0.0537 e. The summed E-state index contributed by atoms with van der Waals surface area (Å²) in [5.41, 5.74) is 5.58. The van der Waals surface area contributed by atoms with Gasteiger partial charge in [-0.1, -0.05) is 19.8 Å². The second-order valence-electron chi connectivity index (χ2n) is 3.32. The minimum Gasteiger partial charge on any atom is -0.393 e. The van der Waals surface area contributed by atoms with Crippen molar-refractivity contribution in [2.45, 2.75) is 58.1 Å². The van der Waals surface area contributed by atoms with E-state index >= 15 is 0 Å². The van der Waals surface area contributed by atoms with E-state index in [1.54, 1.807) is 0 Å². The fourth-order valence-electron chi connectivity index (χ4n) is 1.05. The Bertz CT molecular complexity index is 83.6. The van der Waals surface area contributed by atoms with E-state index in [1.807, 2.05) is 13.8 Å². The summed E-state index contributed by atoms with van der Waals surface area (Å²) in [7, 11) is 0. The van der Waals surface area contributed by atoms with E-state index in [4.69, 9.17) is 5.73 Å². The molecule has 2 heteroatoms. The average Bonchev–Trinajstić information content (AvgIpc) is 1.97. The van der Waals surface area contributed by atoms with E-state index in [0.717, 1.165) is 32.1 Å². The highest BCUT2D eigenvalue weighted by Crippen LogP contribution is 2.06. The lowest BCUT2D eigenvalue weighted by Crippen LogP contribution is -2.14. The average molecular weight is 159 g/mol. The predicted octanol–water partition coefficient (Wildman–Crippen LogP) is 1.66. The van der Waals surface area contributed by atoms with Gasteiger partial charge in [0.2, 0.25) is 0 Å². The first-order valence-electron chi connectivity index (χ1n) is 4.60. The molecule has 68 valence electrons. The Hall–Kier alpha value is -0.0800. The molecular weight excluding hydrogens is 138 g/mol. The van der Waals surface area contributed by atoms with Crippen LogP contribution in [0.1, 0.15) is 46.0 Å². The zero-order valence-corrected chi connectivity index (χ0v) is 7.71. The van der Waals surface area contributed by atoms with Crippen LogP contribution in [0.2, 0.25) is 0 Å². The number of hydrogen-bond donors (Lipinski definition) is 2. The van der Waals surface area contributed by atoms with Crippen molar-refractivity contribution >= 4 is 0 Å². The Balaban J connectivity index is 3.01. The van der Waals surface area contributed by atoms with Crippen molar-refractivity contribution in [3.8, 4) is 0 Å². The lowest BCUT2D eigenvalue weighted by Gasteiger charge is -2.07. The summed E-state index contributed by atoms with van der Waals surface area (Å²) in [6.07, 6.45) is 5.05. The number of aliphatic hydroxyl groups excluding tert-OH is 1. The van der Waals surface area contributed by atoms with Crippen LogP contribution in [0.4, 0.5) is 0 Å². The molecule has 0 heterocycles. The highest BCUT2D eigenvalue weighted by atomic mass is 16.3. The fourth-order valence-corrected chi connectivity index (χ4v) is 1.05. The standard InChI is InChI=1S/C9H21NO/c1-3-9(11)7-5-4-6-8(2)10/h8-9,11H,3-7,10H2,1-2H3. The summed E-state index contributed by atoms with van der Waals surface area (Å²) in [5, 5.41) is 9.19. The summed E-state index contributed by atoms with van der Waals surface area (Å²) >= 11 is 0. The van der Waals surface area contributed by atoms with Gasteiger partial charge in [-0.15, -0.1) is 0 Å². The number of unbranched alkanes of at least 4 members (excludes halogenated alkanes) is 1. The minimum absolute atomic E-state index is 0.0944. The normalized spacial score (nSPS) is 16.4. The number of aliphatic hydroxyl groups is 1. The molecule has 0 aromatic rings. The van der Waals surface area contributed by atoms with Gasteiger partial charge in [-0.2, -0.15) is 0 Å². The number of rotatable bonds is 6. The summed E-state index contributed by atoms with van der Waals surface area (Å²) < 4.78 is 0. The Morgan fingerprint density at radius 2 is 1.82 bits per heavy atom. The fraction of sp³-hybridized carbons (Fsp3) is 1.00. The van der Waals surface area contributed by atoms with Crippen LogP contribution in [0.5, 0.6) is 0 Å². The van der Waals surface area contributed by atoms with Gasteiger partial charge in [0.25, 0.3) is 0 Å². The second-order valence-corrected chi connectivity index (χ2v) is 3.32. The molecule has 0 saturated carbocycles. The van der Waals surface area contributed by atoms with Crippen LogP contribution in [0.25, 0.3) is 0 Å². The van der Waals surface area contributed by atoms with E-state index in [2.05, 4.69) is 0 Å². The molecule has 0 aliphatic carbocycles. The van der Waals surface area contributed by atoms with Crippen LogP contribution in [0.3, 0.4) is 0 Å². The molecule has 0 radical (unpaired) electrons. The van der Waals surface area contributed by atoms with Crippen molar-refractivity contribution in [1.29, 1.82) is 0 Å². The monoisotopic (exact) mass is 159 g/mol. The third-order valence-electron chi connectivity index (χ3n) is 1.92. The number of nitrogens with two attached hydrogens (primary N) is 1. The largest absolute Gasteiger partial charge is 0.393 e. The van der Waals surface area contributed by atoms with Crippen molar-refractivity contribution in [2.75, 3.05) is 0 Å². The van der Waals surface area contributed by atoms with Crippen LogP contribution in [0.15, 0.2) is 0 Å². The first-order chi connectivity index (χ1) is 5.16. The summed E-state index contributed by atoms with van der Waals surface area (Å²) in [6, 6.07) is 0.314. The zero-order valence-electron chi connectivity index (χ0n) is 7.71. The minimum atomic E-state index is -0.0944. The van der Waals surface area contributed by atoms with Crippen molar-refractivity contribution in [1.82, 2.24) is 0 Å². The molecule has 0 aliphatic heterocycles. The molecule has 3 N–H and O–H groups in total. The van der Waals surface area contributed by atoms with Crippen LogP contribution >= 0.6 is 0 Å². The Kier molecular flexibility index (Phi) is 6.57. The lowest BCUT2D eigenvalue weighted by atomic mass is 10.1. The molecule has 2 nitrogen and oxygen atoms in total. The molecule has 0 spiro atoms. The van der Waals surface area contributed by atoms with Gasteiger partial charge in [-0.3, -0.25) is 0 Å². The van der Waals surface area contributed by atoms with Gasteiger partial charge in [-0.25, -0.2) is 0 Å². The quantitative estimate of drug-likeness (QED) is 0.579. The summed E-state index contributed by atoms with van der Waals surface area (Å²) in [4.78, 5) is 0. The Morgan fingerprint density at radius 1 is 1.27 bits per heavy atom. The summed E-state index contributed by atoms with van der Waals surface area (Å²) in [6.45, 7) is 4.03. The highest BCUT2D eigenvalue weighted by Gasteiger charge is 2.00. The lowest BCUT2D eigenvalue weighted by molar-refractivity contribution is 0.156.